The van der Waals surface area contributed by atoms with Crippen molar-refractivity contribution in [3.63, 3.8) is 0 Å². The minimum atomic E-state index is -4.64. The number of rotatable bonds is 53. The molecule has 0 radical (unpaired) electrons. The first kappa shape index (κ1) is 69.2. The van der Waals surface area contributed by atoms with Crippen LogP contribution in [0.2, 0.25) is 0 Å². The van der Waals surface area contributed by atoms with Gasteiger partial charge < -0.3 is 27.9 Å². The van der Waals surface area contributed by atoms with Gasteiger partial charge in [0.05, 0.1) is 27.7 Å². The number of allylic oxidation sites excluding steroid dienone is 14. The number of hydrogen-bond donors (Lipinski definition) is 0. The second-order valence-corrected chi connectivity index (χ2v) is 22.0. The van der Waals surface area contributed by atoms with E-state index in [-0.39, 0.29) is 32.0 Å². The lowest BCUT2D eigenvalue weighted by atomic mass is 10.0. The SMILES string of the molecule is CC/C=C\C/C=C\C/C=C\C/C=C\C/C=C\C/C=C\C/C=C\CCCCCCCCCCCC(=O)OC(COC(=O)CCCCCCCCCCCCCCCCCCC)COP(=O)([O-])OCC[N+](C)(C)C. The summed E-state index contributed by atoms with van der Waals surface area (Å²) in [6.07, 6.45) is 70.5. The van der Waals surface area contributed by atoms with Crippen LogP contribution in [0.15, 0.2) is 85.1 Å². The molecule has 0 bridgehead atoms. The molecule has 72 heavy (non-hydrogen) atoms. The smallest absolute Gasteiger partial charge is 0.306 e. The second-order valence-electron chi connectivity index (χ2n) is 20.6. The number of likely N-dealkylation sites (N-methyl/N-ethyl adjacent to an activating group) is 1. The van der Waals surface area contributed by atoms with Crippen molar-refractivity contribution in [3.8, 4) is 0 Å². The van der Waals surface area contributed by atoms with Gasteiger partial charge >= 0.3 is 11.9 Å². The zero-order chi connectivity index (χ0) is 52.7. The normalized spacial score (nSPS) is 13.9. The Kier molecular flexibility index (Phi) is 51.0. The Hall–Kier alpha value is -2.81. The van der Waals surface area contributed by atoms with E-state index < -0.39 is 26.5 Å². The van der Waals surface area contributed by atoms with E-state index in [1.165, 1.54) is 122 Å². The highest BCUT2D eigenvalue weighted by Crippen LogP contribution is 2.38. The van der Waals surface area contributed by atoms with E-state index >= 15 is 0 Å². The molecule has 0 spiro atoms. The van der Waals surface area contributed by atoms with Gasteiger partial charge in [-0.2, -0.15) is 0 Å². The number of ether oxygens (including phenoxy) is 2. The first-order chi connectivity index (χ1) is 35.0. The minimum Gasteiger partial charge on any atom is -0.756 e. The van der Waals surface area contributed by atoms with Gasteiger partial charge in [0.25, 0.3) is 7.82 Å². The lowest BCUT2D eigenvalue weighted by molar-refractivity contribution is -0.870. The molecule has 2 unspecified atom stereocenters. The molecular formula is C62H110NO8P. The third kappa shape index (κ3) is 56.5. The van der Waals surface area contributed by atoms with Crippen LogP contribution in [-0.2, 0) is 32.7 Å². The first-order valence-electron chi connectivity index (χ1n) is 29.3. The molecule has 0 rings (SSSR count). The van der Waals surface area contributed by atoms with Gasteiger partial charge in [0.1, 0.15) is 19.8 Å². The Morgan fingerprint density at radius 3 is 1.18 bits per heavy atom. The fourth-order valence-corrected chi connectivity index (χ4v) is 8.66. The number of phosphoric ester groups is 1. The van der Waals surface area contributed by atoms with Gasteiger partial charge in [-0.15, -0.1) is 0 Å². The highest BCUT2D eigenvalue weighted by atomic mass is 31.2. The second kappa shape index (κ2) is 53.0. The largest absolute Gasteiger partial charge is 0.756 e. The van der Waals surface area contributed by atoms with E-state index in [1.54, 1.807) is 0 Å². The van der Waals surface area contributed by atoms with E-state index in [4.69, 9.17) is 18.5 Å². The van der Waals surface area contributed by atoms with Crippen LogP contribution in [0.25, 0.3) is 0 Å². The summed E-state index contributed by atoms with van der Waals surface area (Å²) in [5.41, 5.74) is 0. The highest BCUT2D eigenvalue weighted by molar-refractivity contribution is 7.45. The fraction of sp³-hybridized carbons (Fsp3) is 0.742. The van der Waals surface area contributed by atoms with Crippen LogP contribution in [-0.4, -0.2) is 70.0 Å². The minimum absolute atomic E-state index is 0.0342. The van der Waals surface area contributed by atoms with Gasteiger partial charge in [-0.25, -0.2) is 0 Å². The van der Waals surface area contributed by atoms with E-state index in [0.29, 0.717) is 17.4 Å². The number of esters is 2. The molecule has 9 nitrogen and oxygen atoms in total. The summed E-state index contributed by atoms with van der Waals surface area (Å²) >= 11 is 0. The van der Waals surface area contributed by atoms with Crippen molar-refractivity contribution in [2.24, 2.45) is 0 Å². The zero-order valence-electron chi connectivity index (χ0n) is 47.1. The Morgan fingerprint density at radius 1 is 0.444 bits per heavy atom. The van der Waals surface area contributed by atoms with Crippen LogP contribution in [0.3, 0.4) is 0 Å². The average Bonchev–Trinajstić information content (AvgIpc) is 3.34. The van der Waals surface area contributed by atoms with Crippen LogP contribution in [0.5, 0.6) is 0 Å². The molecule has 0 saturated carbocycles. The van der Waals surface area contributed by atoms with E-state index in [1.807, 2.05) is 21.1 Å². The molecule has 0 aromatic carbocycles. The molecule has 416 valence electrons. The Bertz CT molecular complexity index is 1490. The predicted octanol–water partition coefficient (Wildman–Crippen LogP) is 17.6. The number of hydrogen-bond acceptors (Lipinski definition) is 8. The Morgan fingerprint density at radius 2 is 0.792 bits per heavy atom. The number of phosphoric acid groups is 1. The lowest BCUT2D eigenvalue weighted by Crippen LogP contribution is -2.37. The summed E-state index contributed by atoms with van der Waals surface area (Å²) in [5, 5.41) is 0. The lowest BCUT2D eigenvalue weighted by Gasteiger charge is -2.28. The molecule has 0 aliphatic heterocycles. The van der Waals surface area contributed by atoms with Crippen molar-refractivity contribution in [1.82, 2.24) is 0 Å². The fourth-order valence-electron chi connectivity index (χ4n) is 7.93. The molecule has 0 fully saturated rings. The Balaban J connectivity index is 4.17. The maximum Gasteiger partial charge on any atom is 0.306 e. The van der Waals surface area contributed by atoms with E-state index in [9.17, 15) is 19.0 Å². The first-order valence-corrected chi connectivity index (χ1v) is 30.8. The molecule has 0 heterocycles. The topological polar surface area (TPSA) is 111 Å². The molecule has 0 saturated heterocycles. The maximum absolute atomic E-state index is 12.8. The zero-order valence-corrected chi connectivity index (χ0v) is 48.0. The van der Waals surface area contributed by atoms with Crippen LogP contribution in [0, 0.1) is 0 Å². The van der Waals surface area contributed by atoms with Crippen molar-refractivity contribution in [2.45, 2.75) is 251 Å². The predicted molar refractivity (Wildman–Crippen MR) is 305 cm³/mol. The van der Waals surface area contributed by atoms with Gasteiger partial charge in [-0.1, -0.05) is 247 Å². The number of unbranched alkanes of at least 4 members (excludes halogenated alkanes) is 25. The van der Waals surface area contributed by atoms with Gasteiger partial charge in [-0.3, -0.25) is 14.2 Å². The van der Waals surface area contributed by atoms with Crippen LogP contribution < -0.4 is 4.89 Å². The number of nitrogens with zero attached hydrogens (tertiary/aromatic N) is 1. The van der Waals surface area contributed by atoms with Gasteiger partial charge in [0.2, 0.25) is 0 Å². The summed E-state index contributed by atoms with van der Waals surface area (Å²) in [5.74, 6) is -0.836. The summed E-state index contributed by atoms with van der Waals surface area (Å²) in [6, 6.07) is 0. The van der Waals surface area contributed by atoms with Crippen molar-refractivity contribution in [2.75, 3.05) is 47.5 Å². The summed E-state index contributed by atoms with van der Waals surface area (Å²) in [7, 11) is 1.16. The van der Waals surface area contributed by atoms with Crippen LogP contribution in [0.1, 0.15) is 245 Å². The third-order valence-electron chi connectivity index (χ3n) is 12.4. The molecule has 0 aromatic heterocycles. The van der Waals surface area contributed by atoms with Crippen molar-refractivity contribution in [1.29, 1.82) is 0 Å². The molecule has 0 amide bonds. The number of carbonyl (C=O) groups is 2. The quantitative estimate of drug-likeness (QED) is 0.0195. The summed E-state index contributed by atoms with van der Waals surface area (Å²) in [4.78, 5) is 37.9. The van der Waals surface area contributed by atoms with E-state index in [0.717, 1.165) is 89.9 Å². The molecule has 0 aliphatic carbocycles. The molecule has 0 N–H and O–H groups in total. The van der Waals surface area contributed by atoms with Crippen LogP contribution in [0.4, 0.5) is 0 Å². The maximum atomic E-state index is 12.8. The highest BCUT2D eigenvalue weighted by Gasteiger charge is 2.22. The number of quaternary nitrogens is 1. The van der Waals surface area contributed by atoms with Crippen LogP contribution >= 0.6 is 7.82 Å². The summed E-state index contributed by atoms with van der Waals surface area (Å²) < 4.78 is 34.2. The summed E-state index contributed by atoms with van der Waals surface area (Å²) in [6.45, 7) is 4.13. The van der Waals surface area contributed by atoms with Crippen molar-refractivity contribution < 1.29 is 42.1 Å². The average molecular weight is 1030 g/mol. The molecule has 0 aromatic rings. The molecule has 0 aliphatic rings. The standard InChI is InChI=1S/C62H110NO8P/c1-6-8-10-12-14-16-18-20-22-24-25-26-27-28-29-30-31-32-33-34-35-36-37-39-41-43-45-47-49-51-53-55-62(65)71-60(59-70-72(66,67)69-57-56-63(3,4)5)58-68-61(64)54-52-50-48-46-44-42-40-38-23-21-19-17-15-13-11-9-7-2/h8,10,14,16,20,22,25-26,28-29,31-32,34-35,60H,6-7,9,11-13,15,17-19,21,23-24,27,30,33,36-59H2,1-5H3/b10-8-,16-14-,22-20-,26-25-,29-28-,32-31-,35-34-. The van der Waals surface area contributed by atoms with Crippen molar-refractivity contribution >= 4 is 19.8 Å². The van der Waals surface area contributed by atoms with E-state index in [2.05, 4.69) is 98.9 Å². The molecule has 10 heteroatoms. The van der Waals surface area contributed by atoms with Gasteiger partial charge in [0, 0.05) is 12.8 Å². The third-order valence-corrected chi connectivity index (χ3v) is 13.4. The van der Waals surface area contributed by atoms with Gasteiger partial charge in [-0.05, 0) is 70.6 Å². The molecule has 2 atom stereocenters. The van der Waals surface area contributed by atoms with Gasteiger partial charge in [0.15, 0.2) is 6.10 Å². The molecular weight excluding hydrogens is 918 g/mol. The number of carbonyl (C=O) groups excluding carboxylic acids is 2. The van der Waals surface area contributed by atoms with Crippen molar-refractivity contribution in [3.05, 3.63) is 85.1 Å². The monoisotopic (exact) mass is 1030 g/mol. The Labute approximate surface area is 443 Å².